The van der Waals surface area contributed by atoms with Gasteiger partial charge in [0.25, 0.3) is 0 Å². The molecule has 0 saturated heterocycles. The Hall–Kier alpha value is -3.61. The van der Waals surface area contributed by atoms with Crippen LogP contribution in [-0.4, -0.2) is 24.1 Å². The van der Waals surface area contributed by atoms with E-state index in [1.165, 1.54) is 12.1 Å². The van der Waals surface area contributed by atoms with Gasteiger partial charge >= 0.3 is 0 Å². The number of carbonyl (C=O) groups excluding carboxylic acids is 1. The van der Waals surface area contributed by atoms with Crippen molar-refractivity contribution in [3.05, 3.63) is 72.2 Å². The third-order valence-corrected chi connectivity index (χ3v) is 4.12. The number of aromatic nitrogens is 1. The molecule has 0 saturated carbocycles. The fraction of sp³-hybridized carbons (Fsp3) is 0.143. The number of hydrogen-bond donors (Lipinski definition) is 2. The number of benzene rings is 2. The maximum Gasteiger partial charge on any atom is 0.228 e. The second-order valence-electron chi connectivity index (χ2n) is 6.27. The number of ether oxygens (including phenoxy) is 2. The number of hydrogen-bond acceptors (Lipinski definition) is 5. The van der Waals surface area contributed by atoms with Gasteiger partial charge in [-0.25, -0.2) is 9.37 Å². The number of halogens is 1. The van der Waals surface area contributed by atoms with Crippen LogP contribution in [0.1, 0.15) is 5.56 Å². The van der Waals surface area contributed by atoms with Crippen LogP contribution < -0.4 is 20.1 Å². The van der Waals surface area contributed by atoms with Crippen LogP contribution in [-0.2, 0) is 11.2 Å². The van der Waals surface area contributed by atoms with E-state index in [9.17, 15) is 9.18 Å². The Labute approximate surface area is 161 Å². The lowest BCUT2D eigenvalue weighted by atomic mass is 10.1. The van der Waals surface area contributed by atoms with Gasteiger partial charge in [0, 0.05) is 11.8 Å². The molecule has 1 aliphatic heterocycles. The molecule has 0 bridgehead atoms. The first-order valence-electron chi connectivity index (χ1n) is 8.83. The van der Waals surface area contributed by atoms with Crippen molar-refractivity contribution in [3.63, 3.8) is 0 Å². The van der Waals surface area contributed by atoms with Gasteiger partial charge in [0.15, 0.2) is 11.5 Å². The van der Waals surface area contributed by atoms with Crippen LogP contribution in [0.3, 0.4) is 0 Å². The number of fused-ring (bicyclic) bond motifs is 1. The predicted molar refractivity (Wildman–Crippen MR) is 104 cm³/mol. The Morgan fingerprint density at radius 3 is 2.61 bits per heavy atom. The summed E-state index contributed by atoms with van der Waals surface area (Å²) in [6, 6.07) is 15.1. The van der Waals surface area contributed by atoms with Crippen LogP contribution in [0.2, 0.25) is 0 Å². The second kappa shape index (κ2) is 7.96. The van der Waals surface area contributed by atoms with Gasteiger partial charge < -0.3 is 20.1 Å². The highest BCUT2D eigenvalue weighted by Crippen LogP contribution is 2.33. The lowest BCUT2D eigenvalue weighted by molar-refractivity contribution is -0.115. The van der Waals surface area contributed by atoms with Crippen LogP contribution >= 0.6 is 0 Å². The first-order valence-corrected chi connectivity index (χ1v) is 8.83. The zero-order valence-electron chi connectivity index (χ0n) is 14.9. The molecule has 0 spiro atoms. The van der Waals surface area contributed by atoms with E-state index in [0.29, 0.717) is 36.0 Å². The number of rotatable bonds is 5. The van der Waals surface area contributed by atoms with Crippen molar-refractivity contribution >= 4 is 23.1 Å². The average molecular weight is 379 g/mol. The Kier molecular flexibility index (Phi) is 5.05. The summed E-state index contributed by atoms with van der Waals surface area (Å²) in [5.74, 6) is 1.44. The first-order chi connectivity index (χ1) is 13.7. The van der Waals surface area contributed by atoms with Crippen molar-refractivity contribution in [2.24, 2.45) is 0 Å². The van der Waals surface area contributed by atoms with Gasteiger partial charge in [-0.15, -0.1) is 0 Å². The van der Waals surface area contributed by atoms with Crippen molar-refractivity contribution in [1.29, 1.82) is 0 Å². The minimum atomic E-state index is -0.360. The zero-order chi connectivity index (χ0) is 19.3. The molecule has 0 fully saturated rings. The van der Waals surface area contributed by atoms with Gasteiger partial charge in [-0.05, 0) is 42.0 Å². The summed E-state index contributed by atoms with van der Waals surface area (Å²) < 4.78 is 24.3. The Bertz CT molecular complexity index is 992. The van der Waals surface area contributed by atoms with Gasteiger partial charge in [-0.3, -0.25) is 4.79 Å². The summed E-state index contributed by atoms with van der Waals surface area (Å²) in [5, 5.41) is 5.93. The highest BCUT2D eigenvalue weighted by atomic mass is 19.1. The van der Waals surface area contributed by atoms with E-state index < -0.39 is 0 Å². The number of carbonyl (C=O) groups is 1. The molecule has 1 aromatic heterocycles. The summed E-state index contributed by atoms with van der Waals surface area (Å²) in [6.07, 6.45) is 1.65. The van der Waals surface area contributed by atoms with Crippen LogP contribution in [0.15, 0.2) is 60.8 Å². The zero-order valence-corrected chi connectivity index (χ0v) is 14.9. The highest BCUT2D eigenvalue weighted by Gasteiger charge is 2.12. The molecule has 28 heavy (non-hydrogen) atoms. The number of amides is 1. The largest absolute Gasteiger partial charge is 0.486 e. The van der Waals surface area contributed by atoms with E-state index in [1.807, 2.05) is 18.2 Å². The molecular weight excluding hydrogens is 361 g/mol. The summed E-state index contributed by atoms with van der Waals surface area (Å²) >= 11 is 0. The number of nitrogens with one attached hydrogen (secondary N) is 2. The number of nitrogens with zero attached hydrogens (tertiary/aromatic N) is 1. The third-order valence-electron chi connectivity index (χ3n) is 4.12. The van der Waals surface area contributed by atoms with Gasteiger partial charge in [0.05, 0.1) is 18.3 Å². The van der Waals surface area contributed by atoms with Crippen LogP contribution in [0.4, 0.5) is 21.6 Å². The molecule has 3 aromatic rings. The standard InChI is InChI=1S/C21H18FN3O3/c22-15-3-1-2-14(10-15)11-21(26)25-17-5-7-20(23-13-17)24-16-4-6-18-19(12-16)28-9-8-27-18/h1-7,10,12-13H,8-9,11H2,(H,23,24)(H,25,26). The third kappa shape index (κ3) is 4.37. The molecule has 2 N–H and O–H groups in total. The molecular formula is C21H18FN3O3. The topological polar surface area (TPSA) is 72.5 Å². The van der Waals surface area contributed by atoms with E-state index in [1.54, 1.807) is 30.5 Å². The van der Waals surface area contributed by atoms with Crippen LogP contribution in [0, 0.1) is 5.82 Å². The normalized spacial score (nSPS) is 12.3. The van der Waals surface area contributed by atoms with Crippen LogP contribution in [0.5, 0.6) is 11.5 Å². The lowest BCUT2D eigenvalue weighted by Gasteiger charge is -2.19. The fourth-order valence-electron chi connectivity index (χ4n) is 2.85. The van der Waals surface area contributed by atoms with Crippen molar-refractivity contribution < 1.29 is 18.7 Å². The van der Waals surface area contributed by atoms with Crippen molar-refractivity contribution in [1.82, 2.24) is 4.98 Å². The molecule has 0 aliphatic carbocycles. The van der Waals surface area contributed by atoms with Crippen LogP contribution in [0.25, 0.3) is 0 Å². The molecule has 0 unspecified atom stereocenters. The molecule has 1 amide bonds. The quantitative estimate of drug-likeness (QED) is 0.703. The molecule has 7 heteroatoms. The van der Waals surface area contributed by atoms with Gasteiger partial charge in [-0.1, -0.05) is 12.1 Å². The second-order valence-corrected chi connectivity index (χ2v) is 6.27. The highest BCUT2D eigenvalue weighted by molar-refractivity contribution is 5.92. The molecule has 6 nitrogen and oxygen atoms in total. The Morgan fingerprint density at radius 1 is 1.00 bits per heavy atom. The molecule has 142 valence electrons. The predicted octanol–water partition coefficient (Wildman–Crippen LogP) is 3.92. The van der Waals surface area contributed by atoms with Crippen molar-refractivity contribution in [2.45, 2.75) is 6.42 Å². The van der Waals surface area contributed by atoms with E-state index in [0.717, 1.165) is 11.4 Å². The van der Waals surface area contributed by atoms with E-state index in [2.05, 4.69) is 15.6 Å². The SMILES string of the molecule is O=C(Cc1cccc(F)c1)Nc1ccc(Nc2ccc3c(c2)OCCO3)nc1. The summed E-state index contributed by atoms with van der Waals surface area (Å²) in [7, 11) is 0. The first kappa shape index (κ1) is 17.8. The summed E-state index contributed by atoms with van der Waals surface area (Å²) in [6.45, 7) is 1.08. The monoisotopic (exact) mass is 379 g/mol. The molecule has 2 aromatic carbocycles. The number of anilines is 3. The average Bonchev–Trinajstić information content (AvgIpc) is 2.69. The molecule has 0 radical (unpaired) electrons. The van der Waals surface area contributed by atoms with Crippen molar-refractivity contribution in [2.75, 3.05) is 23.8 Å². The summed E-state index contributed by atoms with van der Waals surface area (Å²) in [4.78, 5) is 16.4. The van der Waals surface area contributed by atoms with E-state index in [4.69, 9.17) is 9.47 Å². The Balaban J connectivity index is 1.36. The summed E-state index contributed by atoms with van der Waals surface area (Å²) in [5.41, 5.74) is 2.00. The minimum absolute atomic E-state index is 0.0922. The number of pyridine rings is 1. The van der Waals surface area contributed by atoms with E-state index >= 15 is 0 Å². The molecule has 0 atom stereocenters. The maximum atomic E-state index is 13.2. The molecule has 4 rings (SSSR count). The Morgan fingerprint density at radius 2 is 1.82 bits per heavy atom. The fourth-order valence-corrected chi connectivity index (χ4v) is 2.85. The minimum Gasteiger partial charge on any atom is -0.486 e. The van der Waals surface area contributed by atoms with Gasteiger partial charge in [-0.2, -0.15) is 0 Å². The lowest BCUT2D eigenvalue weighted by Crippen LogP contribution is -2.15. The molecule has 2 heterocycles. The molecule has 1 aliphatic rings. The van der Waals surface area contributed by atoms with Crippen molar-refractivity contribution in [3.8, 4) is 11.5 Å². The van der Waals surface area contributed by atoms with Gasteiger partial charge in [0.1, 0.15) is 24.8 Å². The maximum absolute atomic E-state index is 13.2. The smallest absolute Gasteiger partial charge is 0.228 e. The van der Waals surface area contributed by atoms with Gasteiger partial charge in [0.2, 0.25) is 5.91 Å². The van der Waals surface area contributed by atoms with E-state index in [-0.39, 0.29) is 18.1 Å².